The molecule has 1 aliphatic rings. The molecular weight excluding hydrogens is 639 g/mol. The van der Waals surface area contributed by atoms with Crippen molar-refractivity contribution in [1.29, 1.82) is 0 Å². The Morgan fingerprint density at radius 2 is 1.51 bits per heavy atom. The van der Waals surface area contributed by atoms with E-state index in [0.717, 1.165) is 22.8 Å². The lowest BCUT2D eigenvalue weighted by Gasteiger charge is -2.33. The van der Waals surface area contributed by atoms with Crippen LogP contribution in [0.15, 0.2) is 34.8 Å². The van der Waals surface area contributed by atoms with Crippen molar-refractivity contribution in [2.75, 3.05) is 11.4 Å². The molecule has 1 heterocycles. The molecule has 3 rings (SSSR count). The SMILES string of the molecule is CC(=O)N(Cc1cc(C(F)(F)F)cc(C(F)(F)F)c1)C1CCCN(C(=O)OC(C)C)c2cc(C(F)(F)F)c(Br)cc21. The number of anilines is 1. The number of amides is 2. The smallest absolute Gasteiger partial charge is 0.417 e. The van der Waals surface area contributed by atoms with Gasteiger partial charge in [0.05, 0.1) is 34.5 Å². The fourth-order valence-corrected chi connectivity index (χ4v) is 5.13. The molecule has 2 aromatic rings. The molecule has 41 heavy (non-hydrogen) atoms. The minimum Gasteiger partial charge on any atom is -0.446 e. The van der Waals surface area contributed by atoms with Gasteiger partial charge in [-0.2, -0.15) is 39.5 Å². The van der Waals surface area contributed by atoms with Gasteiger partial charge in [0.25, 0.3) is 0 Å². The van der Waals surface area contributed by atoms with E-state index in [2.05, 4.69) is 15.9 Å². The number of carbonyl (C=O) groups excluding carboxylic acids is 2. The highest BCUT2D eigenvalue weighted by Gasteiger charge is 2.40. The number of fused-ring (bicyclic) bond motifs is 1. The molecule has 0 radical (unpaired) electrons. The van der Waals surface area contributed by atoms with Crippen LogP contribution in [0, 0.1) is 0 Å². The molecule has 0 bridgehead atoms. The number of alkyl halides is 9. The van der Waals surface area contributed by atoms with E-state index in [0.29, 0.717) is 18.2 Å². The van der Waals surface area contributed by atoms with Gasteiger partial charge in [0.15, 0.2) is 0 Å². The molecule has 0 aliphatic carbocycles. The van der Waals surface area contributed by atoms with Gasteiger partial charge < -0.3 is 9.64 Å². The van der Waals surface area contributed by atoms with Crippen molar-refractivity contribution in [3.05, 3.63) is 62.6 Å². The molecule has 1 unspecified atom stereocenters. The second-order valence-electron chi connectivity index (χ2n) is 9.69. The maximum Gasteiger partial charge on any atom is 0.417 e. The summed E-state index contributed by atoms with van der Waals surface area (Å²) in [6.07, 6.45) is -16.5. The predicted octanol–water partition coefficient (Wildman–Crippen LogP) is 8.74. The summed E-state index contributed by atoms with van der Waals surface area (Å²) in [7, 11) is 0. The second kappa shape index (κ2) is 11.7. The largest absolute Gasteiger partial charge is 0.446 e. The Labute approximate surface area is 237 Å². The number of benzene rings is 2. The highest BCUT2D eigenvalue weighted by atomic mass is 79.9. The van der Waals surface area contributed by atoms with E-state index < -0.39 is 75.9 Å². The second-order valence-corrected chi connectivity index (χ2v) is 10.5. The Morgan fingerprint density at radius 3 is 1.98 bits per heavy atom. The van der Waals surface area contributed by atoms with E-state index in [9.17, 15) is 49.1 Å². The van der Waals surface area contributed by atoms with Crippen LogP contribution in [-0.4, -0.2) is 29.5 Å². The van der Waals surface area contributed by atoms with Gasteiger partial charge in [-0.15, -0.1) is 0 Å². The van der Waals surface area contributed by atoms with E-state index in [1.54, 1.807) is 0 Å². The van der Waals surface area contributed by atoms with E-state index in [4.69, 9.17) is 4.74 Å². The summed E-state index contributed by atoms with van der Waals surface area (Å²) in [5.74, 6) is -0.763. The first kappa shape index (κ1) is 32.5. The molecule has 226 valence electrons. The first-order valence-electron chi connectivity index (χ1n) is 12.1. The van der Waals surface area contributed by atoms with Crippen LogP contribution in [0.3, 0.4) is 0 Å². The van der Waals surface area contributed by atoms with Crippen molar-refractivity contribution in [3.8, 4) is 0 Å². The van der Waals surface area contributed by atoms with Crippen molar-refractivity contribution >= 4 is 33.6 Å². The number of nitrogens with zero attached hydrogens (tertiary/aromatic N) is 2. The lowest BCUT2D eigenvalue weighted by atomic mass is 9.96. The summed E-state index contributed by atoms with van der Waals surface area (Å²) >= 11 is 2.87. The van der Waals surface area contributed by atoms with Crippen molar-refractivity contribution in [3.63, 3.8) is 0 Å². The van der Waals surface area contributed by atoms with Crippen LogP contribution < -0.4 is 4.90 Å². The average Bonchev–Trinajstić information content (AvgIpc) is 2.98. The van der Waals surface area contributed by atoms with Crippen LogP contribution in [0.5, 0.6) is 0 Å². The third-order valence-corrected chi connectivity index (χ3v) is 6.92. The Bertz CT molecular complexity index is 1270. The van der Waals surface area contributed by atoms with Crippen LogP contribution >= 0.6 is 15.9 Å². The van der Waals surface area contributed by atoms with E-state index >= 15 is 0 Å². The Hall–Kier alpha value is -2.97. The van der Waals surface area contributed by atoms with Gasteiger partial charge in [-0.1, -0.05) is 15.9 Å². The number of hydrogen-bond donors (Lipinski definition) is 0. The fraction of sp³-hybridized carbons (Fsp3) is 0.462. The van der Waals surface area contributed by atoms with Gasteiger partial charge in [-0.05, 0) is 68.1 Å². The third-order valence-electron chi connectivity index (χ3n) is 6.27. The van der Waals surface area contributed by atoms with Crippen LogP contribution in [-0.2, 0) is 34.6 Å². The molecule has 2 aromatic carbocycles. The molecule has 5 nitrogen and oxygen atoms in total. The van der Waals surface area contributed by atoms with Gasteiger partial charge in [-0.3, -0.25) is 9.69 Å². The lowest BCUT2D eigenvalue weighted by molar-refractivity contribution is -0.143. The van der Waals surface area contributed by atoms with Crippen molar-refractivity contribution in [2.24, 2.45) is 0 Å². The average molecular weight is 663 g/mol. The lowest BCUT2D eigenvalue weighted by Crippen LogP contribution is -2.35. The zero-order valence-electron chi connectivity index (χ0n) is 21.8. The van der Waals surface area contributed by atoms with E-state index in [1.807, 2.05) is 0 Å². The Balaban J connectivity index is 2.19. The number of carbonyl (C=O) groups is 2. The number of ether oxygens (including phenoxy) is 1. The summed E-state index contributed by atoms with van der Waals surface area (Å²) in [4.78, 5) is 27.6. The topological polar surface area (TPSA) is 49.9 Å². The molecule has 2 amide bonds. The van der Waals surface area contributed by atoms with E-state index in [-0.39, 0.29) is 36.7 Å². The third kappa shape index (κ3) is 7.66. The summed E-state index contributed by atoms with van der Waals surface area (Å²) in [5, 5.41) is 0. The first-order chi connectivity index (χ1) is 18.7. The normalized spacial score (nSPS) is 16.3. The summed E-state index contributed by atoms with van der Waals surface area (Å²) in [6.45, 7) is 3.25. The molecule has 1 atom stereocenters. The van der Waals surface area contributed by atoms with Gasteiger partial charge >= 0.3 is 24.6 Å². The van der Waals surface area contributed by atoms with Crippen molar-refractivity contribution < 1.29 is 53.8 Å². The molecule has 1 aliphatic heterocycles. The fourth-order valence-electron chi connectivity index (χ4n) is 4.54. The van der Waals surface area contributed by atoms with Gasteiger partial charge in [0.1, 0.15) is 0 Å². The number of halogens is 10. The van der Waals surface area contributed by atoms with Crippen LogP contribution in [0.4, 0.5) is 50.0 Å². The summed E-state index contributed by atoms with van der Waals surface area (Å²) < 4.78 is 127. The molecule has 0 aromatic heterocycles. The Kier molecular flexibility index (Phi) is 9.31. The highest BCUT2D eigenvalue weighted by molar-refractivity contribution is 9.10. The van der Waals surface area contributed by atoms with E-state index in [1.165, 1.54) is 13.8 Å². The highest BCUT2D eigenvalue weighted by Crippen LogP contribution is 2.45. The maximum absolute atomic E-state index is 13.8. The molecule has 0 saturated carbocycles. The van der Waals surface area contributed by atoms with Crippen LogP contribution in [0.1, 0.15) is 67.5 Å². The predicted molar refractivity (Wildman–Crippen MR) is 133 cm³/mol. The first-order valence-corrected chi connectivity index (χ1v) is 12.9. The molecule has 0 N–H and O–H groups in total. The van der Waals surface area contributed by atoms with Crippen molar-refractivity contribution in [2.45, 2.75) is 70.8 Å². The summed E-state index contributed by atoms with van der Waals surface area (Å²) in [6, 6.07) is 1.56. The summed E-state index contributed by atoms with van der Waals surface area (Å²) in [5.41, 5.74) is -5.00. The monoisotopic (exact) mass is 662 g/mol. The minimum absolute atomic E-state index is 0.0287. The zero-order valence-corrected chi connectivity index (χ0v) is 23.4. The molecule has 0 spiro atoms. The van der Waals surface area contributed by atoms with Gasteiger partial charge in [0, 0.05) is 24.5 Å². The van der Waals surface area contributed by atoms with Crippen LogP contribution in [0.25, 0.3) is 0 Å². The van der Waals surface area contributed by atoms with Crippen molar-refractivity contribution in [1.82, 2.24) is 4.90 Å². The van der Waals surface area contributed by atoms with Gasteiger partial charge in [-0.25, -0.2) is 4.79 Å². The molecule has 0 fully saturated rings. The van der Waals surface area contributed by atoms with Gasteiger partial charge in [0.2, 0.25) is 5.91 Å². The number of hydrogen-bond acceptors (Lipinski definition) is 3. The zero-order chi connectivity index (χ0) is 31.1. The maximum atomic E-state index is 13.8. The minimum atomic E-state index is -5.12. The molecule has 0 saturated heterocycles. The van der Waals surface area contributed by atoms with Crippen LogP contribution in [0.2, 0.25) is 0 Å². The molecule has 15 heteroatoms. The molecular formula is C26H24BrF9N2O3. The Morgan fingerprint density at radius 1 is 0.951 bits per heavy atom. The number of rotatable bonds is 4. The standard InChI is InChI=1S/C26H24BrF9N2O3/c1-13(2)41-23(40)37-6-4-5-21(18-10-20(27)19(11-22(18)37)26(34,35)36)38(14(3)39)12-15-7-16(24(28,29)30)9-17(8-15)25(31,32)33/h7-11,13,21H,4-6,12H2,1-3H3. The quantitative estimate of drug-likeness (QED) is 0.308.